The van der Waals surface area contributed by atoms with Gasteiger partial charge in [-0.2, -0.15) is 0 Å². The van der Waals surface area contributed by atoms with Crippen LogP contribution >= 0.6 is 0 Å². The number of rotatable bonds is 4. The van der Waals surface area contributed by atoms with E-state index in [4.69, 9.17) is 4.74 Å². The van der Waals surface area contributed by atoms with Gasteiger partial charge in [0.1, 0.15) is 5.75 Å². The monoisotopic (exact) mass is 359 g/mol. The van der Waals surface area contributed by atoms with Crippen molar-refractivity contribution in [3.05, 3.63) is 24.3 Å². The quantitative estimate of drug-likeness (QED) is 0.826. The van der Waals surface area contributed by atoms with Gasteiger partial charge in [-0.05, 0) is 31.9 Å². The maximum Gasteiger partial charge on any atom is 0.241 e. The van der Waals surface area contributed by atoms with E-state index in [1.165, 1.54) is 12.8 Å². The number of anilines is 1. The highest BCUT2D eigenvalue weighted by Crippen LogP contribution is 2.29. The van der Waals surface area contributed by atoms with E-state index in [0.29, 0.717) is 18.8 Å². The average molecular weight is 359 g/mol. The van der Waals surface area contributed by atoms with Gasteiger partial charge in [0.25, 0.3) is 0 Å². The van der Waals surface area contributed by atoms with Crippen LogP contribution in [0.4, 0.5) is 5.69 Å². The number of para-hydroxylation sites is 2. The third kappa shape index (κ3) is 4.01. The molecule has 1 aromatic carbocycles. The van der Waals surface area contributed by atoms with Gasteiger partial charge in [-0.1, -0.05) is 25.0 Å². The highest BCUT2D eigenvalue weighted by atomic mass is 16.5. The molecule has 0 aromatic heterocycles. The van der Waals surface area contributed by atoms with Crippen molar-refractivity contribution >= 4 is 17.5 Å². The number of carbonyl (C=O) groups excluding carboxylic acids is 2. The van der Waals surface area contributed by atoms with Gasteiger partial charge in [0.15, 0.2) is 0 Å². The fourth-order valence-electron chi connectivity index (χ4n) is 3.84. The Balaban J connectivity index is 1.64. The summed E-state index contributed by atoms with van der Waals surface area (Å²) in [5, 5.41) is 0. The van der Waals surface area contributed by atoms with Crippen molar-refractivity contribution in [1.29, 1.82) is 0 Å². The topological polar surface area (TPSA) is 53.1 Å². The van der Waals surface area contributed by atoms with E-state index in [-0.39, 0.29) is 24.4 Å². The van der Waals surface area contributed by atoms with Crippen molar-refractivity contribution in [2.75, 3.05) is 44.7 Å². The van der Waals surface area contributed by atoms with Crippen LogP contribution in [0.2, 0.25) is 0 Å². The lowest BCUT2D eigenvalue weighted by atomic mass is 10.1. The average Bonchev–Trinajstić information content (AvgIpc) is 2.96. The Morgan fingerprint density at radius 1 is 1.04 bits per heavy atom. The molecule has 26 heavy (non-hydrogen) atoms. The molecule has 0 saturated carbocycles. The number of hydrogen-bond acceptors (Lipinski definition) is 4. The predicted octanol–water partition coefficient (Wildman–Crippen LogP) is 2.13. The molecule has 0 aliphatic carbocycles. The highest BCUT2D eigenvalue weighted by molar-refractivity contribution is 5.97. The van der Waals surface area contributed by atoms with Crippen LogP contribution in [0, 0.1) is 0 Å². The molecule has 6 nitrogen and oxygen atoms in total. The summed E-state index contributed by atoms with van der Waals surface area (Å²) in [7, 11) is 1.61. The summed E-state index contributed by atoms with van der Waals surface area (Å²) in [6, 6.07) is 7.31. The number of piperazine rings is 1. The molecule has 2 aliphatic rings. The Labute approximate surface area is 155 Å². The smallest absolute Gasteiger partial charge is 0.241 e. The number of methoxy groups -OCH3 is 1. The van der Waals surface area contributed by atoms with E-state index in [1.54, 1.807) is 12.0 Å². The third-order valence-corrected chi connectivity index (χ3v) is 5.45. The molecule has 6 heteroatoms. The Morgan fingerprint density at radius 2 is 1.73 bits per heavy atom. The summed E-state index contributed by atoms with van der Waals surface area (Å²) in [6.45, 7) is 5.13. The first-order valence-corrected chi connectivity index (χ1v) is 9.58. The van der Waals surface area contributed by atoms with Crippen molar-refractivity contribution in [2.45, 2.75) is 38.6 Å². The van der Waals surface area contributed by atoms with Gasteiger partial charge in [-0.3, -0.25) is 14.5 Å². The number of hydrogen-bond donors (Lipinski definition) is 0. The summed E-state index contributed by atoms with van der Waals surface area (Å²) in [6.07, 6.45) is 4.57. The van der Waals surface area contributed by atoms with Gasteiger partial charge in [0.05, 0.1) is 25.4 Å². The molecular weight excluding hydrogens is 330 g/mol. The number of nitrogens with zero attached hydrogens (tertiary/aromatic N) is 3. The van der Waals surface area contributed by atoms with E-state index >= 15 is 0 Å². The van der Waals surface area contributed by atoms with Crippen molar-refractivity contribution < 1.29 is 14.3 Å². The lowest BCUT2D eigenvalue weighted by Crippen LogP contribution is -2.57. The minimum absolute atomic E-state index is 0.0104. The van der Waals surface area contributed by atoms with E-state index in [0.717, 1.165) is 31.6 Å². The zero-order chi connectivity index (χ0) is 18.5. The van der Waals surface area contributed by atoms with E-state index in [9.17, 15) is 9.59 Å². The van der Waals surface area contributed by atoms with Crippen molar-refractivity contribution in [3.63, 3.8) is 0 Å². The van der Waals surface area contributed by atoms with Crippen molar-refractivity contribution in [1.82, 2.24) is 9.80 Å². The zero-order valence-electron chi connectivity index (χ0n) is 15.8. The molecule has 2 aliphatic heterocycles. The normalized spacial score (nSPS) is 20.6. The van der Waals surface area contributed by atoms with Crippen LogP contribution in [0.3, 0.4) is 0 Å². The van der Waals surface area contributed by atoms with Crippen LogP contribution in [0.25, 0.3) is 0 Å². The molecule has 0 radical (unpaired) electrons. The van der Waals surface area contributed by atoms with Crippen LogP contribution in [0.5, 0.6) is 5.75 Å². The first-order chi connectivity index (χ1) is 12.6. The fourth-order valence-corrected chi connectivity index (χ4v) is 3.84. The molecule has 2 amide bonds. The van der Waals surface area contributed by atoms with E-state index in [2.05, 4.69) is 0 Å². The van der Waals surface area contributed by atoms with Crippen LogP contribution in [-0.4, -0.2) is 67.5 Å². The van der Waals surface area contributed by atoms with Crippen LogP contribution in [0.1, 0.15) is 32.6 Å². The fraction of sp³-hybridized carbons (Fsp3) is 0.600. The third-order valence-electron chi connectivity index (χ3n) is 5.45. The molecule has 0 unspecified atom stereocenters. The van der Waals surface area contributed by atoms with E-state index in [1.807, 2.05) is 41.0 Å². The number of carbonyl (C=O) groups is 2. The second-order valence-corrected chi connectivity index (χ2v) is 7.10. The summed E-state index contributed by atoms with van der Waals surface area (Å²) >= 11 is 0. The van der Waals surface area contributed by atoms with Gasteiger partial charge in [-0.15, -0.1) is 0 Å². The zero-order valence-corrected chi connectivity index (χ0v) is 15.8. The maximum atomic E-state index is 12.8. The first kappa shape index (κ1) is 18.7. The van der Waals surface area contributed by atoms with Crippen molar-refractivity contribution in [2.24, 2.45) is 0 Å². The van der Waals surface area contributed by atoms with E-state index < -0.39 is 0 Å². The summed E-state index contributed by atoms with van der Waals surface area (Å²) in [4.78, 5) is 31.3. The molecule has 2 saturated heterocycles. The molecule has 1 aromatic rings. The van der Waals surface area contributed by atoms with Crippen LogP contribution in [-0.2, 0) is 9.59 Å². The minimum atomic E-state index is -0.253. The largest absolute Gasteiger partial charge is 0.495 e. The standard InChI is InChI=1S/C20H29N3O3/c1-16(20(25)21-11-7-3-4-8-12-21)22-13-14-23(19(24)15-22)17-9-5-6-10-18(17)26-2/h5-6,9-10,16H,3-4,7-8,11-15H2,1-2H3/t16-/m1/s1. The van der Waals surface area contributed by atoms with Gasteiger partial charge in [0, 0.05) is 26.2 Å². The lowest BCUT2D eigenvalue weighted by molar-refractivity contribution is -0.137. The maximum absolute atomic E-state index is 12.8. The second-order valence-electron chi connectivity index (χ2n) is 7.10. The molecule has 1 atom stereocenters. The summed E-state index contributed by atoms with van der Waals surface area (Å²) < 4.78 is 5.38. The van der Waals surface area contributed by atoms with Crippen LogP contribution in [0.15, 0.2) is 24.3 Å². The molecule has 0 bridgehead atoms. The molecule has 2 fully saturated rings. The SMILES string of the molecule is COc1ccccc1N1CCN([C@H](C)C(=O)N2CCCCCC2)CC1=O. The molecule has 2 heterocycles. The Hall–Kier alpha value is -2.08. The number of benzene rings is 1. The number of ether oxygens (including phenoxy) is 1. The second kappa shape index (κ2) is 8.54. The van der Waals surface area contributed by atoms with Gasteiger partial charge in [-0.25, -0.2) is 0 Å². The molecule has 0 spiro atoms. The summed E-state index contributed by atoms with van der Waals surface area (Å²) in [5.41, 5.74) is 0.797. The summed E-state index contributed by atoms with van der Waals surface area (Å²) in [5.74, 6) is 0.865. The minimum Gasteiger partial charge on any atom is -0.495 e. The van der Waals surface area contributed by atoms with Crippen LogP contribution < -0.4 is 9.64 Å². The van der Waals surface area contributed by atoms with Gasteiger partial charge in [0.2, 0.25) is 11.8 Å². The Morgan fingerprint density at radius 3 is 2.38 bits per heavy atom. The first-order valence-electron chi connectivity index (χ1n) is 9.58. The highest BCUT2D eigenvalue weighted by Gasteiger charge is 2.33. The predicted molar refractivity (Wildman–Crippen MR) is 101 cm³/mol. The van der Waals surface area contributed by atoms with Gasteiger partial charge < -0.3 is 14.5 Å². The van der Waals surface area contributed by atoms with Gasteiger partial charge >= 0.3 is 0 Å². The molecule has 142 valence electrons. The molecule has 3 rings (SSSR count). The Kier molecular flexibility index (Phi) is 6.14. The Bertz CT molecular complexity index is 641. The number of amides is 2. The van der Waals surface area contributed by atoms with Crippen molar-refractivity contribution in [3.8, 4) is 5.75 Å². The molecule has 0 N–H and O–H groups in total. The molecular formula is C20H29N3O3. The lowest BCUT2D eigenvalue weighted by Gasteiger charge is -2.38. The number of likely N-dealkylation sites (tertiary alicyclic amines) is 1.